The van der Waals surface area contributed by atoms with Gasteiger partial charge in [0.25, 0.3) is 11.8 Å². The standard InChI is InChI=1S/C34H29ClFN5O3/c35-26-6-2-3-7-27(26)40-32-30-28(14-16-38-34(30)44)41-31(32)21-13-15-37-24(17-21)18-22(20-9-11-23(36)12-10-20)19-39-33(43)25-5-1-4-8-29(25)42/h1-13,15,17,22,40-42H,14,16,18-19H2,(H,38,44)(H,39,43)/t22-/m0/s1. The first-order valence-electron chi connectivity index (χ1n) is 14.2. The lowest BCUT2D eigenvalue weighted by molar-refractivity contribution is 0.0939. The molecule has 10 heteroatoms. The van der Waals surface area contributed by atoms with Crippen LogP contribution in [0.2, 0.25) is 5.02 Å². The minimum absolute atomic E-state index is 0.110. The number of phenols is 1. The summed E-state index contributed by atoms with van der Waals surface area (Å²) in [6, 6.07) is 23.6. The number of halogens is 2. The van der Waals surface area contributed by atoms with Crippen LogP contribution in [0.1, 0.15) is 43.6 Å². The molecule has 0 radical (unpaired) electrons. The van der Waals surface area contributed by atoms with Crippen molar-refractivity contribution in [2.75, 3.05) is 18.4 Å². The van der Waals surface area contributed by atoms with Crippen LogP contribution in [0.5, 0.6) is 5.75 Å². The van der Waals surface area contributed by atoms with Crippen molar-refractivity contribution < 1.29 is 19.1 Å². The number of carbonyl (C=O) groups excluding carboxylic acids is 2. The highest BCUT2D eigenvalue weighted by Gasteiger charge is 2.27. The van der Waals surface area contributed by atoms with Crippen LogP contribution in [-0.2, 0) is 12.8 Å². The maximum absolute atomic E-state index is 13.8. The first-order valence-corrected chi connectivity index (χ1v) is 14.6. The van der Waals surface area contributed by atoms with E-state index in [1.165, 1.54) is 18.2 Å². The summed E-state index contributed by atoms with van der Waals surface area (Å²) in [4.78, 5) is 33.9. The molecular formula is C34H29ClFN5O3. The van der Waals surface area contributed by atoms with E-state index in [2.05, 4.69) is 25.9 Å². The Hall–Kier alpha value is -5.15. The molecule has 2 amide bonds. The highest BCUT2D eigenvalue weighted by atomic mass is 35.5. The third-order valence-electron chi connectivity index (χ3n) is 7.66. The molecular weight excluding hydrogens is 581 g/mol. The van der Waals surface area contributed by atoms with E-state index < -0.39 is 5.91 Å². The summed E-state index contributed by atoms with van der Waals surface area (Å²) < 4.78 is 13.8. The lowest BCUT2D eigenvalue weighted by atomic mass is 9.93. The summed E-state index contributed by atoms with van der Waals surface area (Å²) >= 11 is 6.46. The molecule has 1 aliphatic rings. The van der Waals surface area contributed by atoms with Gasteiger partial charge in [0.2, 0.25) is 0 Å². The molecule has 8 nitrogen and oxygen atoms in total. The molecule has 0 saturated heterocycles. The molecule has 5 aromatic rings. The van der Waals surface area contributed by atoms with Gasteiger partial charge in [-0.25, -0.2) is 4.39 Å². The fraction of sp³-hybridized carbons (Fsp3) is 0.147. The molecule has 0 bridgehead atoms. The van der Waals surface area contributed by atoms with E-state index >= 15 is 0 Å². The van der Waals surface area contributed by atoms with Crippen molar-refractivity contribution in [3.05, 3.63) is 130 Å². The largest absolute Gasteiger partial charge is 0.507 e. The quantitative estimate of drug-likeness (QED) is 0.133. The molecule has 0 fully saturated rings. The number of nitrogens with one attached hydrogen (secondary N) is 4. The molecule has 6 rings (SSSR count). The predicted octanol–water partition coefficient (Wildman–Crippen LogP) is 6.36. The van der Waals surface area contributed by atoms with Crippen LogP contribution >= 0.6 is 11.6 Å². The zero-order valence-corrected chi connectivity index (χ0v) is 24.3. The first-order chi connectivity index (χ1) is 21.4. The van der Waals surface area contributed by atoms with Gasteiger partial charge in [-0.2, -0.15) is 0 Å². The Bertz CT molecular complexity index is 1840. The molecule has 0 unspecified atom stereocenters. The molecule has 0 spiro atoms. The third kappa shape index (κ3) is 6.14. The van der Waals surface area contributed by atoms with Crippen LogP contribution in [0.15, 0.2) is 91.1 Å². The molecule has 1 aliphatic heterocycles. The Labute approximate surface area is 258 Å². The van der Waals surface area contributed by atoms with Gasteiger partial charge in [0.05, 0.1) is 33.2 Å². The van der Waals surface area contributed by atoms with Gasteiger partial charge in [-0.3, -0.25) is 14.6 Å². The van der Waals surface area contributed by atoms with Crippen LogP contribution in [0.25, 0.3) is 11.3 Å². The number of hydrogen-bond donors (Lipinski definition) is 5. The van der Waals surface area contributed by atoms with Crippen molar-refractivity contribution in [3.8, 4) is 17.0 Å². The van der Waals surface area contributed by atoms with Gasteiger partial charge < -0.3 is 26.0 Å². The van der Waals surface area contributed by atoms with Crippen LogP contribution in [0, 0.1) is 5.82 Å². The molecule has 3 aromatic carbocycles. The maximum Gasteiger partial charge on any atom is 0.255 e. The lowest BCUT2D eigenvalue weighted by Crippen LogP contribution is -2.31. The van der Waals surface area contributed by atoms with Crippen molar-refractivity contribution in [2.24, 2.45) is 0 Å². The van der Waals surface area contributed by atoms with Gasteiger partial charge in [0.15, 0.2) is 0 Å². The summed E-state index contributed by atoms with van der Waals surface area (Å²) in [5, 5.41) is 19.8. The average molecular weight is 610 g/mol. The van der Waals surface area contributed by atoms with Crippen LogP contribution < -0.4 is 16.0 Å². The number of nitrogens with zero attached hydrogens (tertiary/aromatic N) is 1. The molecule has 0 aliphatic carbocycles. The smallest absolute Gasteiger partial charge is 0.255 e. The number of phenolic OH excluding ortho intramolecular Hbond substituents is 1. The van der Waals surface area contributed by atoms with Crippen molar-refractivity contribution in [3.63, 3.8) is 0 Å². The van der Waals surface area contributed by atoms with Gasteiger partial charge in [0, 0.05) is 48.6 Å². The predicted molar refractivity (Wildman–Crippen MR) is 168 cm³/mol. The first kappa shape index (κ1) is 28.9. The van der Waals surface area contributed by atoms with Crippen molar-refractivity contribution in [1.29, 1.82) is 0 Å². The number of pyridine rings is 1. The van der Waals surface area contributed by atoms with Crippen LogP contribution in [0.4, 0.5) is 15.8 Å². The zero-order chi connectivity index (χ0) is 30.6. The van der Waals surface area contributed by atoms with Crippen molar-refractivity contribution >= 4 is 34.8 Å². The van der Waals surface area contributed by atoms with Crippen molar-refractivity contribution in [1.82, 2.24) is 20.6 Å². The summed E-state index contributed by atoms with van der Waals surface area (Å²) in [7, 11) is 0. The molecule has 1 atom stereocenters. The average Bonchev–Trinajstić information content (AvgIpc) is 3.40. The minimum Gasteiger partial charge on any atom is -0.507 e. The summed E-state index contributed by atoms with van der Waals surface area (Å²) in [6.07, 6.45) is 2.78. The van der Waals surface area contributed by atoms with E-state index in [1.807, 2.05) is 30.3 Å². The third-order valence-corrected chi connectivity index (χ3v) is 7.99. The number of fused-ring (bicyclic) bond motifs is 1. The summed E-state index contributed by atoms with van der Waals surface area (Å²) in [5.74, 6) is -1.31. The summed E-state index contributed by atoms with van der Waals surface area (Å²) in [5.41, 5.74) is 5.91. The Morgan fingerprint density at radius 1 is 1.05 bits per heavy atom. The highest BCUT2D eigenvalue weighted by Crippen LogP contribution is 2.38. The monoisotopic (exact) mass is 609 g/mol. The lowest BCUT2D eigenvalue weighted by Gasteiger charge is -2.19. The number of para-hydroxylation sites is 2. The normalized spacial score (nSPS) is 13.1. The number of anilines is 2. The van der Waals surface area contributed by atoms with Gasteiger partial charge in [-0.1, -0.05) is 48.0 Å². The molecule has 44 heavy (non-hydrogen) atoms. The number of hydrogen-bond acceptors (Lipinski definition) is 5. The number of aromatic hydroxyl groups is 1. The summed E-state index contributed by atoms with van der Waals surface area (Å²) in [6.45, 7) is 0.756. The maximum atomic E-state index is 13.8. The van der Waals surface area contributed by atoms with E-state index in [1.54, 1.807) is 42.6 Å². The fourth-order valence-corrected chi connectivity index (χ4v) is 5.62. The SMILES string of the molecule is O=C(NC[C@H](Cc1cc(-c2[nH]c3c(c2Nc2ccccc2Cl)C(=O)NCC3)ccn1)c1ccc(F)cc1)c1ccccc1O. The number of H-pyrrole nitrogens is 1. The number of aromatic amines is 1. The van der Waals surface area contributed by atoms with E-state index in [9.17, 15) is 19.1 Å². The number of aromatic nitrogens is 2. The topological polar surface area (TPSA) is 119 Å². The van der Waals surface area contributed by atoms with Gasteiger partial charge in [0.1, 0.15) is 11.6 Å². The molecule has 5 N–H and O–H groups in total. The Balaban J connectivity index is 1.32. The van der Waals surface area contributed by atoms with Gasteiger partial charge in [-0.15, -0.1) is 0 Å². The number of amides is 2. The number of carbonyl (C=O) groups is 2. The van der Waals surface area contributed by atoms with Gasteiger partial charge >= 0.3 is 0 Å². The molecule has 222 valence electrons. The second-order valence-corrected chi connectivity index (χ2v) is 11.0. The van der Waals surface area contributed by atoms with E-state index in [4.69, 9.17) is 11.6 Å². The Kier molecular flexibility index (Phi) is 8.29. The zero-order valence-electron chi connectivity index (χ0n) is 23.5. The van der Waals surface area contributed by atoms with Gasteiger partial charge in [-0.05, 0) is 60.5 Å². The van der Waals surface area contributed by atoms with Crippen LogP contribution in [-0.4, -0.2) is 40.0 Å². The fourth-order valence-electron chi connectivity index (χ4n) is 5.44. The number of benzene rings is 3. The minimum atomic E-state index is -0.414. The second-order valence-electron chi connectivity index (χ2n) is 10.6. The van der Waals surface area contributed by atoms with E-state index in [-0.39, 0.29) is 35.5 Å². The van der Waals surface area contributed by atoms with Crippen LogP contribution in [0.3, 0.4) is 0 Å². The highest BCUT2D eigenvalue weighted by molar-refractivity contribution is 6.33. The molecule has 2 aromatic heterocycles. The Morgan fingerprint density at radius 2 is 1.82 bits per heavy atom. The molecule has 0 saturated carbocycles. The Morgan fingerprint density at radius 3 is 2.61 bits per heavy atom. The van der Waals surface area contributed by atoms with E-state index in [0.717, 1.165) is 28.2 Å². The van der Waals surface area contributed by atoms with E-state index in [0.29, 0.717) is 41.3 Å². The van der Waals surface area contributed by atoms with Crippen molar-refractivity contribution in [2.45, 2.75) is 18.8 Å². The number of rotatable bonds is 9. The molecule has 3 heterocycles. The second kappa shape index (κ2) is 12.6.